The summed E-state index contributed by atoms with van der Waals surface area (Å²) in [4.78, 5) is 18.6. The lowest BCUT2D eigenvalue weighted by atomic mass is 10.1. The zero-order chi connectivity index (χ0) is 18.0. The van der Waals surface area contributed by atoms with E-state index >= 15 is 0 Å². The summed E-state index contributed by atoms with van der Waals surface area (Å²) in [5.41, 5.74) is 5.45. The van der Waals surface area contributed by atoms with Gasteiger partial charge in [0.05, 0.1) is 11.2 Å². The van der Waals surface area contributed by atoms with E-state index in [1.54, 1.807) is 11.1 Å². The van der Waals surface area contributed by atoms with Crippen LogP contribution in [0.25, 0.3) is 10.9 Å². The normalized spacial score (nSPS) is 11.0. The fraction of sp³-hybridized carbons (Fsp3) is 0.350. The van der Waals surface area contributed by atoms with E-state index in [2.05, 4.69) is 23.1 Å². The van der Waals surface area contributed by atoms with Gasteiger partial charge in [0.1, 0.15) is 0 Å². The van der Waals surface area contributed by atoms with E-state index in [4.69, 9.17) is 0 Å². The number of benzene rings is 1. The molecule has 0 fully saturated rings. The highest BCUT2D eigenvalue weighted by atomic mass is 16.2. The summed E-state index contributed by atoms with van der Waals surface area (Å²) in [6.07, 6.45) is 2.24. The molecule has 3 rings (SSSR count). The fourth-order valence-electron chi connectivity index (χ4n) is 2.98. The van der Waals surface area contributed by atoms with E-state index < -0.39 is 0 Å². The summed E-state index contributed by atoms with van der Waals surface area (Å²) < 4.78 is 1.93. The van der Waals surface area contributed by atoms with E-state index in [1.165, 1.54) is 5.56 Å². The van der Waals surface area contributed by atoms with Crippen LogP contribution in [0.5, 0.6) is 0 Å². The first-order valence-corrected chi connectivity index (χ1v) is 8.54. The second kappa shape index (κ2) is 7.05. The molecule has 1 amide bonds. The van der Waals surface area contributed by atoms with Gasteiger partial charge in [0.2, 0.25) is 5.91 Å². The van der Waals surface area contributed by atoms with E-state index in [0.717, 1.165) is 27.9 Å². The van der Waals surface area contributed by atoms with Gasteiger partial charge in [0.25, 0.3) is 0 Å². The molecule has 3 aromatic rings. The first kappa shape index (κ1) is 17.1. The number of fused-ring (bicyclic) bond motifs is 1. The van der Waals surface area contributed by atoms with E-state index in [9.17, 15) is 4.79 Å². The maximum atomic E-state index is 12.5. The summed E-state index contributed by atoms with van der Waals surface area (Å²) in [5.74, 6) is 0.122. The molecule has 0 spiro atoms. The van der Waals surface area contributed by atoms with Crippen molar-refractivity contribution in [1.29, 1.82) is 0 Å². The largest absolute Gasteiger partial charge is 0.341 e. The van der Waals surface area contributed by atoms with Crippen LogP contribution in [0, 0.1) is 20.8 Å². The monoisotopic (exact) mass is 336 g/mol. The lowest BCUT2D eigenvalue weighted by Crippen LogP contribution is -2.27. The van der Waals surface area contributed by atoms with Crippen molar-refractivity contribution in [2.75, 3.05) is 7.05 Å². The van der Waals surface area contributed by atoms with Gasteiger partial charge >= 0.3 is 0 Å². The van der Waals surface area contributed by atoms with Crippen molar-refractivity contribution >= 4 is 16.8 Å². The molecule has 0 N–H and O–H groups in total. The van der Waals surface area contributed by atoms with Gasteiger partial charge in [-0.15, -0.1) is 0 Å². The third-order valence-corrected chi connectivity index (χ3v) is 4.79. The molecule has 0 radical (unpaired) electrons. The Bertz CT molecular complexity index is 913. The molecule has 130 valence electrons. The average Bonchev–Trinajstić information content (AvgIpc) is 2.86. The molecule has 1 aromatic carbocycles. The molecule has 5 heteroatoms. The molecule has 0 unspecified atom stereocenters. The number of nitrogens with zero attached hydrogens (tertiary/aromatic N) is 4. The van der Waals surface area contributed by atoms with Gasteiger partial charge in [-0.25, -0.2) is 0 Å². The molecule has 0 saturated carbocycles. The minimum absolute atomic E-state index is 0.122. The van der Waals surface area contributed by atoms with Crippen LogP contribution in [-0.4, -0.2) is 32.6 Å². The van der Waals surface area contributed by atoms with Gasteiger partial charge in [-0.2, -0.15) is 5.10 Å². The summed E-state index contributed by atoms with van der Waals surface area (Å²) in [5, 5.41) is 5.59. The van der Waals surface area contributed by atoms with Gasteiger partial charge in [0.15, 0.2) is 0 Å². The molecule has 5 nitrogen and oxygen atoms in total. The number of amides is 1. The van der Waals surface area contributed by atoms with Crippen molar-refractivity contribution in [3.05, 3.63) is 59.0 Å². The zero-order valence-corrected chi connectivity index (χ0v) is 15.3. The Kier molecular flexibility index (Phi) is 4.83. The molecule has 0 atom stereocenters. The van der Waals surface area contributed by atoms with Gasteiger partial charge in [-0.05, 0) is 50.1 Å². The van der Waals surface area contributed by atoms with Crippen LogP contribution >= 0.6 is 0 Å². The molecule has 0 aliphatic heterocycles. The lowest BCUT2D eigenvalue weighted by molar-refractivity contribution is -0.130. The Hall–Kier alpha value is -2.69. The highest BCUT2D eigenvalue weighted by Crippen LogP contribution is 2.15. The average molecular weight is 336 g/mol. The molecule has 2 heterocycles. The summed E-state index contributed by atoms with van der Waals surface area (Å²) in [7, 11) is 1.85. The standard InChI is InChI=1S/C20H24N4O/c1-14-15(2)22-24(16(14)3)11-9-20(25)23(4)13-17-7-8-19-18(12-17)6-5-10-21-19/h5-8,10,12H,9,11,13H2,1-4H3. The molecule has 0 aliphatic carbocycles. The molecule has 25 heavy (non-hydrogen) atoms. The maximum Gasteiger partial charge on any atom is 0.224 e. The van der Waals surface area contributed by atoms with Crippen LogP contribution in [0.1, 0.15) is 28.9 Å². The summed E-state index contributed by atoms with van der Waals surface area (Å²) in [6.45, 7) is 7.33. The minimum atomic E-state index is 0.122. The Morgan fingerprint density at radius 3 is 2.72 bits per heavy atom. The molecule has 0 saturated heterocycles. The number of aryl methyl sites for hydroxylation is 2. The third-order valence-electron chi connectivity index (χ3n) is 4.79. The molecule has 0 bridgehead atoms. The van der Waals surface area contributed by atoms with Crippen LogP contribution < -0.4 is 0 Å². The van der Waals surface area contributed by atoms with Crippen molar-refractivity contribution in [3.8, 4) is 0 Å². The second-order valence-corrected chi connectivity index (χ2v) is 6.55. The molecule has 0 aliphatic rings. The number of carbonyl (C=O) groups excluding carboxylic acids is 1. The zero-order valence-electron chi connectivity index (χ0n) is 15.3. The quantitative estimate of drug-likeness (QED) is 0.717. The third kappa shape index (κ3) is 3.71. The lowest BCUT2D eigenvalue weighted by Gasteiger charge is -2.18. The van der Waals surface area contributed by atoms with Crippen molar-refractivity contribution in [2.45, 2.75) is 40.3 Å². The number of rotatable bonds is 5. The first-order chi connectivity index (χ1) is 12.0. The number of hydrogen-bond acceptors (Lipinski definition) is 3. The topological polar surface area (TPSA) is 51.0 Å². The SMILES string of the molecule is Cc1nn(CCC(=O)N(C)Cc2ccc3ncccc3c2)c(C)c1C. The van der Waals surface area contributed by atoms with Crippen LogP contribution in [0.15, 0.2) is 36.5 Å². The predicted octanol–water partition coefficient (Wildman–Crippen LogP) is 3.41. The smallest absolute Gasteiger partial charge is 0.224 e. The van der Waals surface area contributed by atoms with Crippen molar-refractivity contribution in [1.82, 2.24) is 19.7 Å². The highest BCUT2D eigenvalue weighted by Gasteiger charge is 2.12. The second-order valence-electron chi connectivity index (χ2n) is 6.55. The summed E-state index contributed by atoms with van der Waals surface area (Å²) >= 11 is 0. The maximum absolute atomic E-state index is 12.5. The number of hydrogen-bond donors (Lipinski definition) is 0. The van der Waals surface area contributed by atoms with E-state index in [1.807, 2.05) is 49.8 Å². The van der Waals surface area contributed by atoms with Gasteiger partial charge < -0.3 is 4.90 Å². The fourth-order valence-corrected chi connectivity index (χ4v) is 2.98. The van der Waals surface area contributed by atoms with Gasteiger partial charge in [-0.1, -0.05) is 12.1 Å². The van der Waals surface area contributed by atoms with Crippen molar-refractivity contribution in [2.24, 2.45) is 0 Å². The molecule has 2 aromatic heterocycles. The first-order valence-electron chi connectivity index (χ1n) is 8.54. The Labute approximate surface area is 148 Å². The van der Waals surface area contributed by atoms with Crippen molar-refractivity contribution < 1.29 is 4.79 Å². The molecular weight excluding hydrogens is 312 g/mol. The van der Waals surface area contributed by atoms with Crippen LogP contribution in [0.2, 0.25) is 0 Å². The molecular formula is C20H24N4O. The number of pyridine rings is 1. The minimum Gasteiger partial charge on any atom is -0.341 e. The Balaban J connectivity index is 1.62. The summed E-state index contributed by atoms with van der Waals surface area (Å²) in [6, 6.07) is 10.1. The van der Waals surface area contributed by atoms with Crippen LogP contribution in [-0.2, 0) is 17.9 Å². The van der Waals surface area contributed by atoms with Crippen molar-refractivity contribution in [3.63, 3.8) is 0 Å². The number of carbonyl (C=O) groups is 1. The van der Waals surface area contributed by atoms with E-state index in [-0.39, 0.29) is 5.91 Å². The Morgan fingerprint density at radius 2 is 2.00 bits per heavy atom. The van der Waals surface area contributed by atoms with Gasteiger partial charge in [-0.3, -0.25) is 14.5 Å². The van der Waals surface area contributed by atoms with E-state index in [0.29, 0.717) is 19.5 Å². The van der Waals surface area contributed by atoms with Gasteiger partial charge in [0, 0.05) is 43.8 Å². The Morgan fingerprint density at radius 1 is 1.20 bits per heavy atom. The number of aromatic nitrogens is 3. The highest BCUT2D eigenvalue weighted by molar-refractivity contribution is 5.79. The predicted molar refractivity (Wildman–Crippen MR) is 99.3 cm³/mol. The van der Waals surface area contributed by atoms with Crippen LogP contribution in [0.3, 0.4) is 0 Å². The van der Waals surface area contributed by atoms with Crippen LogP contribution in [0.4, 0.5) is 0 Å².